The van der Waals surface area contributed by atoms with Gasteiger partial charge in [-0.1, -0.05) is 0 Å². The molecule has 1 amide bonds. The maximum Gasteiger partial charge on any atom is 0.222 e. The minimum atomic E-state index is 0.222. The largest absolute Gasteiger partial charge is 0.497 e. The zero-order chi connectivity index (χ0) is 14.4. The summed E-state index contributed by atoms with van der Waals surface area (Å²) in [6, 6.07) is 8.05. The van der Waals surface area contributed by atoms with Gasteiger partial charge in [0.05, 0.1) is 7.11 Å². The van der Waals surface area contributed by atoms with Crippen molar-refractivity contribution in [2.24, 2.45) is 0 Å². The third kappa shape index (κ3) is 3.79. The number of amides is 1. The summed E-state index contributed by atoms with van der Waals surface area (Å²) in [5.74, 6) is 1.64. The van der Waals surface area contributed by atoms with Crippen LogP contribution in [0.4, 0.5) is 5.69 Å². The summed E-state index contributed by atoms with van der Waals surface area (Å²) in [4.78, 5) is 16.1. The molecule has 0 unspecified atom stereocenters. The average molecular weight is 297 g/mol. The van der Waals surface area contributed by atoms with E-state index in [0.717, 1.165) is 38.3 Å². The SMILES string of the molecule is COc1ccc(N2CCN(C(=O)CCCCl)CC2)cc1. The van der Waals surface area contributed by atoms with Crippen LogP contribution in [-0.2, 0) is 4.79 Å². The van der Waals surface area contributed by atoms with Gasteiger partial charge in [-0.2, -0.15) is 0 Å². The summed E-state index contributed by atoms with van der Waals surface area (Å²) in [5.41, 5.74) is 1.18. The second kappa shape index (κ2) is 7.39. The van der Waals surface area contributed by atoms with Crippen LogP contribution in [0.15, 0.2) is 24.3 Å². The minimum Gasteiger partial charge on any atom is -0.497 e. The molecule has 1 aliphatic heterocycles. The molecule has 0 atom stereocenters. The highest BCUT2D eigenvalue weighted by Crippen LogP contribution is 2.20. The Bertz CT molecular complexity index is 428. The van der Waals surface area contributed by atoms with Crippen LogP contribution in [0, 0.1) is 0 Å². The van der Waals surface area contributed by atoms with E-state index < -0.39 is 0 Å². The van der Waals surface area contributed by atoms with Crippen molar-refractivity contribution in [1.29, 1.82) is 0 Å². The quantitative estimate of drug-likeness (QED) is 0.782. The van der Waals surface area contributed by atoms with Crippen LogP contribution in [0.25, 0.3) is 0 Å². The van der Waals surface area contributed by atoms with Crippen molar-refractivity contribution in [3.63, 3.8) is 0 Å². The smallest absolute Gasteiger partial charge is 0.222 e. The van der Waals surface area contributed by atoms with Crippen molar-refractivity contribution in [2.75, 3.05) is 44.1 Å². The Balaban J connectivity index is 1.85. The molecule has 110 valence electrons. The Kier molecular flexibility index (Phi) is 5.53. The van der Waals surface area contributed by atoms with Gasteiger partial charge in [0.1, 0.15) is 5.75 Å². The van der Waals surface area contributed by atoms with E-state index in [1.807, 2.05) is 17.0 Å². The zero-order valence-electron chi connectivity index (χ0n) is 11.8. The second-order valence-corrected chi connectivity index (χ2v) is 5.24. The van der Waals surface area contributed by atoms with Crippen LogP contribution >= 0.6 is 11.6 Å². The standard InChI is InChI=1S/C15H21ClN2O2/c1-20-14-6-4-13(5-7-14)17-9-11-18(12-10-17)15(19)3-2-8-16/h4-7H,2-3,8-12H2,1H3. The minimum absolute atomic E-state index is 0.222. The summed E-state index contributed by atoms with van der Waals surface area (Å²) < 4.78 is 5.16. The molecule has 1 aromatic carbocycles. The molecular weight excluding hydrogens is 276 g/mol. The first kappa shape index (κ1) is 15.0. The van der Waals surface area contributed by atoms with Crippen molar-refractivity contribution in [3.8, 4) is 5.75 Å². The van der Waals surface area contributed by atoms with Gasteiger partial charge in [-0.3, -0.25) is 4.79 Å². The predicted octanol–water partition coefficient (Wildman–Crippen LogP) is 2.36. The highest BCUT2D eigenvalue weighted by Gasteiger charge is 2.20. The summed E-state index contributed by atoms with van der Waals surface area (Å²) in [5, 5.41) is 0. The number of hydrogen-bond donors (Lipinski definition) is 0. The van der Waals surface area contributed by atoms with E-state index in [4.69, 9.17) is 16.3 Å². The molecule has 0 aliphatic carbocycles. The number of carbonyl (C=O) groups is 1. The Labute approximate surface area is 125 Å². The number of halogens is 1. The molecule has 0 bridgehead atoms. The fraction of sp³-hybridized carbons (Fsp3) is 0.533. The van der Waals surface area contributed by atoms with E-state index in [9.17, 15) is 4.79 Å². The van der Waals surface area contributed by atoms with Gasteiger partial charge in [0.25, 0.3) is 0 Å². The van der Waals surface area contributed by atoms with Gasteiger partial charge in [0.2, 0.25) is 5.91 Å². The summed E-state index contributed by atoms with van der Waals surface area (Å²) in [6.45, 7) is 3.32. The molecule has 20 heavy (non-hydrogen) atoms. The lowest BCUT2D eigenvalue weighted by atomic mass is 10.2. The second-order valence-electron chi connectivity index (χ2n) is 4.86. The van der Waals surface area contributed by atoms with Gasteiger partial charge < -0.3 is 14.5 Å². The lowest BCUT2D eigenvalue weighted by molar-refractivity contribution is -0.131. The Morgan fingerprint density at radius 1 is 1.20 bits per heavy atom. The molecule has 1 aliphatic rings. The lowest BCUT2D eigenvalue weighted by Gasteiger charge is -2.36. The maximum atomic E-state index is 11.9. The Morgan fingerprint density at radius 2 is 1.85 bits per heavy atom. The van der Waals surface area contributed by atoms with Crippen LogP contribution in [-0.4, -0.2) is 50.0 Å². The lowest BCUT2D eigenvalue weighted by Crippen LogP contribution is -2.48. The molecule has 1 fully saturated rings. The van der Waals surface area contributed by atoms with Crippen molar-refractivity contribution >= 4 is 23.2 Å². The van der Waals surface area contributed by atoms with Crippen LogP contribution in [0.3, 0.4) is 0 Å². The topological polar surface area (TPSA) is 32.8 Å². The van der Waals surface area contributed by atoms with Crippen LogP contribution in [0.1, 0.15) is 12.8 Å². The van der Waals surface area contributed by atoms with E-state index in [0.29, 0.717) is 12.3 Å². The first-order chi connectivity index (χ1) is 9.74. The molecule has 0 aromatic heterocycles. The highest BCUT2D eigenvalue weighted by atomic mass is 35.5. The molecular formula is C15H21ClN2O2. The van der Waals surface area contributed by atoms with E-state index >= 15 is 0 Å². The van der Waals surface area contributed by atoms with E-state index in [1.54, 1.807) is 7.11 Å². The first-order valence-corrected chi connectivity index (χ1v) is 7.51. The fourth-order valence-corrected chi connectivity index (χ4v) is 2.52. The van der Waals surface area contributed by atoms with Gasteiger partial charge >= 0.3 is 0 Å². The number of carbonyl (C=O) groups excluding carboxylic acids is 1. The third-order valence-corrected chi connectivity index (χ3v) is 3.86. The molecule has 0 saturated carbocycles. The molecule has 2 rings (SSSR count). The number of nitrogens with zero attached hydrogens (tertiary/aromatic N) is 2. The summed E-state index contributed by atoms with van der Waals surface area (Å²) >= 11 is 5.62. The van der Waals surface area contributed by atoms with Crippen molar-refractivity contribution in [1.82, 2.24) is 4.90 Å². The number of ether oxygens (including phenoxy) is 1. The van der Waals surface area contributed by atoms with Crippen LogP contribution in [0.2, 0.25) is 0 Å². The van der Waals surface area contributed by atoms with E-state index in [-0.39, 0.29) is 5.91 Å². The van der Waals surface area contributed by atoms with Crippen LogP contribution < -0.4 is 9.64 Å². The Hall–Kier alpha value is -1.42. The average Bonchev–Trinajstić information content (AvgIpc) is 2.53. The number of anilines is 1. The molecule has 1 saturated heterocycles. The molecule has 0 N–H and O–H groups in total. The normalized spacial score (nSPS) is 15.3. The van der Waals surface area contributed by atoms with Crippen LogP contribution in [0.5, 0.6) is 5.75 Å². The third-order valence-electron chi connectivity index (χ3n) is 3.59. The number of piperazine rings is 1. The van der Waals surface area contributed by atoms with Gasteiger partial charge in [-0.25, -0.2) is 0 Å². The first-order valence-electron chi connectivity index (χ1n) is 6.97. The maximum absolute atomic E-state index is 11.9. The number of rotatable bonds is 5. The van der Waals surface area contributed by atoms with E-state index in [2.05, 4.69) is 17.0 Å². The molecule has 0 spiro atoms. The molecule has 1 heterocycles. The van der Waals surface area contributed by atoms with Gasteiger partial charge in [0.15, 0.2) is 0 Å². The van der Waals surface area contributed by atoms with Gasteiger partial charge in [0, 0.05) is 44.2 Å². The number of alkyl halides is 1. The monoisotopic (exact) mass is 296 g/mol. The molecule has 5 heteroatoms. The van der Waals surface area contributed by atoms with Crippen molar-refractivity contribution < 1.29 is 9.53 Å². The molecule has 1 aromatic rings. The zero-order valence-corrected chi connectivity index (χ0v) is 12.6. The number of methoxy groups -OCH3 is 1. The highest BCUT2D eigenvalue weighted by molar-refractivity contribution is 6.17. The molecule has 0 radical (unpaired) electrons. The van der Waals surface area contributed by atoms with Crippen molar-refractivity contribution in [3.05, 3.63) is 24.3 Å². The van der Waals surface area contributed by atoms with E-state index in [1.165, 1.54) is 5.69 Å². The summed E-state index contributed by atoms with van der Waals surface area (Å²) in [7, 11) is 1.67. The van der Waals surface area contributed by atoms with Gasteiger partial charge in [-0.05, 0) is 30.7 Å². The van der Waals surface area contributed by atoms with Gasteiger partial charge in [-0.15, -0.1) is 11.6 Å². The fourth-order valence-electron chi connectivity index (χ4n) is 2.38. The molecule has 4 nitrogen and oxygen atoms in total. The summed E-state index contributed by atoms with van der Waals surface area (Å²) in [6.07, 6.45) is 1.32. The number of hydrogen-bond acceptors (Lipinski definition) is 3. The Morgan fingerprint density at radius 3 is 2.40 bits per heavy atom. The number of benzene rings is 1. The van der Waals surface area contributed by atoms with Crippen molar-refractivity contribution in [2.45, 2.75) is 12.8 Å². The predicted molar refractivity (Wildman–Crippen MR) is 81.7 cm³/mol.